The van der Waals surface area contributed by atoms with Crippen LogP contribution in [-0.4, -0.2) is 250 Å². The van der Waals surface area contributed by atoms with Crippen molar-refractivity contribution in [2.75, 3.05) is 26.4 Å². The monoisotopic (exact) mass is 973 g/mol. The molecule has 0 spiro atoms. The van der Waals surface area contributed by atoms with Gasteiger partial charge in [-0.2, -0.15) is 0 Å². The molecule has 0 aromatic carbocycles. The van der Waals surface area contributed by atoms with Gasteiger partial charge in [-0.05, 0) is 0 Å². The number of aliphatic hydroxyl groups excluding tert-OH is 20. The minimum Gasteiger partial charge on any atom is -0.547 e. The van der Waals surface area contributed by atoms with Gasteiger partial charge >= 0.3 is 0 Å². The van der Waals surface area contributed by atoms with E-state index < -0.39 is 148 Å². The van der Waals surface area contributed by atoms with Crippen LogP contribution in [-0.2, 0) is 39.3 Å². The minimum atomic E-state index is -2.31. The van der Waals surface area contributed by atoms with Crippen molar-refractivity contribution >= 4 is 23.9 Å². The molecule has 0 aromatic heterocycles. The number of carboxylic acids is 4. The smallest absolute Gasteiger partial charge is 0.122 e. The van der Waals surface area contributed by atoms with Gasteiger partial charge in [-0.1, -0.05) is 0 Å². The molecule has 0 rings (SSSR count). The summed E-state index contributed by atoms with van der Waals surface area (Å²) < 4.78 is 0. The predicted molar refractivity (Wildman–Crippen MR) is 144 cm³/mol. The van der Waals surface area contributed by atoms with Crippen LogP contribution in [0, 0.1) is 0 Å². The van der Waals surface area contributed by atoms with Gasteiger partial charge in [-0.3, -0.25) is 0 Å². The van der Waals surface area contributed by atoms with Gasteiger partial charge in [0.05, 0.1) is 50.3 Å². The van der Waals surface area contributed by atoms with Gasteiger partial charge in [0, 0.05) is 20.1 Å². The van der Waals surface area contributed by atoms with E-state index in [2.05, 4.69) is 0 Å². The number of carboxylic acid groups (broad SMARTS) is 4. The predicted octanol–water partition coefficient (Wildman–Crippen LogP) is -19.3. The Balaban J connectivity index is -0.000000192. The fourth-order valence-electron chi connectivity index (χ4n) is 2.65. The van der Waals surface area contributed by atoms with Crippen LogP contribution in [0.2, 0.25) is 0 Å². The Morgan fingerprint density at radius 2 is 0.415 bits per heavy atom. The van der Waals surface area contributed by atoms with Gasteiger partial charge < -0.3 is 142 Å². The topological polar surface area (TPSA) is 565 Å². The van der Waals surface area contributed by atoms with Gasteiger partial charge in [0.15, 0.2) is 0 Å². The van der Waals surface area contributed by atoms with Gasteiger partial charge in [-0.15, -0.1) is 0 Å². The molecular weight excluding hydrogens is 928 g/mol. The summed E-state index contributed by atoms with van der Waals surface area (Å²) in [4.78, 5) is 39.9. The molecule has 53 heavy (non-hydrogen) atoms. The molecule has 29 heteroatoms. The Labute approximate surface area is 309 Å². The molecule has 16 atom stereocenters. The van der Waals surface area contributed by atoms with E-state index in [1.54, 1.807) is 0 Å². The van der Waals surface area contributed by atoms with Crippen molar-refractivity contribution < 1.29 is 162 Å². The standard InChI is InChI=1S/4C6H12O7.Ir/c4*7-1-2(8)3(9)4(10)5(11)6(12)13;/h4*2-5,7-11H,1H2,(H,12,13);/p-4/t4*2-,3-,4+,5-;/m1111./s1. The largest absolute Gasteiger partial charge is 0.547 e. The summed E-state index contributed by atoms with van der Waals surface area (Å²) in [5, 5.41) is 214. The van der Waals surface area contributed by atoms with Crippen molar-refractivity contribution in [3.63, 3.8) is 0 Å². The first-order chi connectivity index (χ1) is 23.7. The average Bonchev–Trinajstić information content (AvgIpc) is 3.12. The molecular formula is C24H44IrO28-4. The summed E-state index contributed by atoms with van der Waals surface area (Å²) in [6, 6.07) is 0. The molecule has 0 heterocycles. The zero-order chi connectivity index (χ0) is 42.4. The first-order valence-electron chi connectivity index (χ1n) is 13.8. The third-order valence-corrected chi connectivity index (χ3v) is 5.98. The molecule has 20 N–H and O–H groups in total. The molecule has 0 unspecified atom stereocenters. The number of rotatable bonds is 20. The normalized spacial score (nSPS) is 20.0. The van der Waals surface area contributed by atoms with Gasteiger partial charge in [0.1, 0.15) is 97.7 Å². The van der Waals surface area contributed by atoms with Crippen molar-refractivity contribution in [3.8, 4) is 0 Å². The second-order valence-corrected chi connectivity index (χ2v) is 9.98. The summed E-state index contributed by atoms with van der Waals surface area (Å²) >= 11 is 0. The molecule has 28 nitrogen and oxygen atoms in total. The molecule has 321 valence electrons. The fourth-order valence-corrected chi connectivity index (χ4v) is 2.65. The van der Waals surface area contributed by atoms with Crippen molar-refractivity contribution in [3.05, 3.63) is 0 Å². The second kappa shape index (κ2) is 31.0. The first-order valence-corrected chi connectivity index (χ1v) is 13.8. The first kappa shape index (κ1) is 60.0. The number of hydrogen-bond acceptors (Lipinski definition) is 28. The Morgan fingerprint density at radius 1 is 0.302 bits per heavy atom. The van der Waals surface area contributed by atoms with Gasteiger partial charge in [0.2, 0.25) is 0 Å². The van der Waals surface area contributed by atoms with Crippen molar-refractivity contribution in [1.82, 2.24) is 0 Å². The number of carbonyl (C=O) groups excluding carboxylic acids is 4. The Bertz CT molecular complexity index is 841. The van der Waals surface area contributed by atoms with E-state index in [0.29, 0.717) is 0 Å². The van der Waals surface area contributed by atoms with E-state index in [1.165, 1.54) is 0 Å². The third kappa shape index (κ3) is 23.3. The summed E-state index contributed by atoms with van der Waals surface area (Å²) in [5.41, 5.74) is 0. The number of aliphatic carboxylic acids is 4. The second-order valence-electron chi connectivity index (χ2n) is 9.98. The van der Waals surface area contributed by atoms with Crippen LogP contribution < -0.4 is 20.4 Å². The fraction of sp³-hybridized carbons (Fsp3) is 0.833. The molecule has 1 radical (unpaired) electrons. The molecule has 0 aromatic rings. The SMILES string of the molecule is O=C([O-])[C@H](O)[C@@H](O)[C@H](O)[C@H](O)CO.O=C([O-])[C@H](O)[C@@H](O)[C@H](O)[C@H](O)CO.O=C([O-])[C@H](O)[C@@H](O)[C@H](O)[C@H](O)CO.O=C([O-])[C@H](O)[C@@H](O)[C@H](O)[C@H](O)CO.[Ir]. The van der Waals surface area contributed by atoms with E-state index in [-0.39, 0.29) is 20.1 Å². The van der Waals surface area contributed by atoms with Crippen LogP contribution in [0.25, 0.3) is 0 Å². The van der Waals surface area contributed by atoms with Crippen LogP contribution in [0.5, 0.6) is 0 Å². The molecule has 0 amide bonds. The molecule has 0 aliphatic heterocycles. The average molecular weight is 973 g/mol. The maximum Gasteiger partial charge on any atom is 0.122 e. The van der Waals surface area contributed by atoms with Crippen LogP contribution in [0.4, 0.5) is 0 Å². The minimum absolute atomic E-state index is 0. The van der Waals surface area contributed by atoms with E-state index in [4.69, 9.17) is 102 Å². The van der Waals surface area contributed by atoms with Gasteiger partial charge in [-0.25, -0.2) is 0 Å². The van der Waals surface area contributed by atoms with Crippen LogP contribution in [0.15, 0.2) is 0 Å². The van der Waals surface area contributed by atoms with E-state index in [9.17, 15) is 39.6 Å². The number of carbonyl (C=O) groups is 4. The summed E-state index contributed by atoms with van der Waals surface area (Å²) in [6.45, 7) is -3.45. The number of hydrogen-bond donors (Lipinski definition) is 20. The maximum atomic E-state index is 9.98. The van der Waals surface area contributed by atoms with Crippen LogP contribution in [0.3, 0.4) is 0 Å². The van der Waals surface area contributed by atoms with Crippen molar-refractivity contribution in [2.24, 2.45) is 0 Å². The van der Waals surface area contributed by atoms with Crippen molar-refractivity contribution in [2.45, 2.75) is 97.7 Å². The quantitative estimate of drug-likeness (QED) is 0.0539. The van der Waals surface area contributed by atoms with Crippen LogP contribution in [0.1, 0.15) is 0 Å². The molecule has 0 saturated carbocycles. The molecule has 0 aliphatic rings. The third-order valence-electron chi connectivity index (χ3n) is 5.98. The zero-order valence-corrected chi connectivity index (χ0v) is 29.0. The Morgan fingerprint density at radius 3 is 0.491 bits per heavy atom. The molecule has 0 saturated heterocycles. The number of aliphatic hydroxyl groups is 20. The van der Waals surface area contributed by atoms with E-state index in [1.807, 2.05) is 0 Å². The molecule has 0 fully saturated rings. The van der Waals surface area contributed by atoms with Gasteiger partial charge in [0.25, 0.3) is 0 Å². The Hall–Kier alpha value is -2.27. The van der Waals surface area contributed by atoms with E-state index in [0.717, 1.165) is 0 Å². The summed E-state index contributed by atoms with van der Waals surface area (Å²) in [5.74, 6) is -7.90. The summed E-state index contributed by atoms with van der Waals surface area (Å²) in [6.07, 6.45) is -32.3. The summed E-state index contributed by atoms with van der Waals surface area (Å²) in [7, 11) is 0. The zero-order valence-electron chi connectivity index (χ0n) is 26.6. The maximum absolute atomic E-state index is 9.98. The Kier molecular flexibility index (Phi) is 35.1. The van der Waals surface area contributed by atoms with E-state index >= 15 is 0 Å². The van der Waals surface area contributed by atoms with Crippen molar-refractivity contribution in [1.29, 1.82) is 0 Å². The molecule has 0 bridgehead atoms. The van der Waals surface area contributed by atoms with Crippen LogP contribution >= 0.6 is 0 Å². The molecule has 0 aliphatic carbocycles.